The highest BCUT2D eigenvalue weighted by molar-refractivity contribution is 7.99. The van der Waals surface area contributed by atoms with Gasteiger partial charge in [-0.05, 0) is 67.3 Å². The molecule has 0 radical (unpaired) electrons. The Kier molecular flexibility index (Phi) is 6.55. The maximum atomic E-state index is 13.7. The first-order valence-corrected chi connectivity index (χ1v) is 12.7. The second-order valence-corrected chi connectivity index (χ2v) is 10.8. The third-order valence-electron chi connectivity index (χ3n) is 5.85. The quantitative estimate of drug-likeness (QED) is 0.732. The van der Waals surface area contributed by atoms with Crippen LogP contribution in [0.25, 0.3) is 0 Å². The molecule has 1 unspecified atom stereocenters. The number of fused-ring (bicyclic) bond motifs is 1. The number of ether oxygens (including phenoxy) is 1. The second kappa shape index (κ2) is 9.18. The van der Waals surface area contributed by atoms with Crippen molar-refractivity contribution in [2.45, 2.75) is 35.1 Å². The van der Waals surface area contributed by atoms with E-state index in [1.165, 1.54) is 35.7 Å². The van der Waals surface area contributed by atoms with Crippen LogP contribution in [0, 0.1) is 11.7 Å². The molecule has 166 valence electrons. The molecule has 0 bridgehead atoms. The maximum absolute atomic E-state index is 13.7. The SMILES string of the molecule is COc1ccc(S(=O)(=O)N2CCC(C(=O)NC3CCSc4ccc(F)cc43)CC2)cc1. The monoisotopic (exact) mass is 464 g/mol. The molecule has 9 heteroatoms. The van der Waals surface area contributed by atoms with E-state index in [0.29, 0.717) is 18.6 Å². The molecular weight excluding hydrogens is 439 g/mol. The van der Waals surface area contributed by atoms with Crippen molar-refractivity contribution in [3.05, 3.63) is 53.8 Å². The summed E-state index contributed by atoms with van der Waals surface area (Å²) in [6.45, 7) is 0.580. The first-order chi connectivity index (χ1) is 14.9. The second-order valence-electron chi connectivity index (χ2n) is 7.73. The zero-order valence-electron chi connectivity index (χ0n) is 17.2. The molecule has 2 aromatic rings. The van der Waals surface area contributed by atoms with Crippen LogP contribution in [0.4, 0.5) is 4.39 Å². The minimum Gasteiger partial charge on any atom is -0.497 e. The zero-order chi connectivity index (χ0) is 22.0. The first kappa shape index (κ1) is 22.1. The summed E-state index contributed by atoms with van der Waals surface area (Å²) < 4.78 is 46.0. The normalized spacial score (nSPS) is 20.1. The van der Waals surface area contributed by atoms with E-state index in [1.807, 2.05) is 0 Å². The number of halogens is 1. The van der Waals surface area contributed by atoms with Gasteiger partial charge in [0.15, 0.2) is 0 Å². The van der Waals surface area contributed by atoms with Gasteiger partial charge < -0.3 is 10.1 Å². The largest absolute Gasteiger partial charge is 0.497 e. The van der Waals surface area contributed by atoms with Crippen molar-refractivity contribution < 1.29 is 22.3 Å². The van der Waals surface area contributed by atoms with Gasteiger partial charge in [-0.25, -0.2) is 12.8 Å². The van der Waals surface area contributed by atoms with E-state index in [2.05, 4.69) is 5.32 Å². The van der Waals surface area contributed by atoms with Crippen LogP contribution in [-0.2, 0) is 14.8 Å². The number of carbonyl (C=O) groups excluding carboxylic acids is 1. The molecule has 0 aromatic heterocycles. The molecule has 2 aromatic carbocycles. The molecule has 1 saturated heterocycles. The molecule has 2 aliphatic heterocycles. The minimum absolute atomic E-state index is 0.0893. The predicted molar refractivity (Wildman–Crippen MR) is 117 cm³/mol. The van der Waals surface area contributed by atoms with Crippen molar-refractivity contribution in [1.29, 1.82) is 0 Å². The lowest BCUT2D eigenvalue weighted by molar-refractivity contribution is -0.126. The molecular formula is C22H25FN2O4S2. The number of hydrogen-bond donors (Lipinski definition) is 1. The number of rotatable bonds is 5. The summed E-state index contributed by atoms with van der Waals surface area (Å²) in [7, 11) is -2.08. The van der Waals surface area contributed by atoms with Crippen LogP contribution in [0.15, 0.2) is 52.3 Å². The molecule has 2 heterocycles. The van der Waals surface area contributed by atoms with Crippen LogP contribution < -0.4 is 10.1 Å². The number of methoxy groups -OCH3 is 1. The Morgan fingerprint density at radius 3 is 2.52 bits per heavy atom. The van der Waals surface area contributed by atoms with E-state index in [0.717, 1.165) is 22.6 Å². The van der Waals surface area contributed by atoms with Crippen LogP contribution in [-0.4, -0.2) is 44.6 Å². The van der Waals surface area contributed by atoms with Crippen molar-refractivity contribution in [1.82, 2.24) is 9.62 Å². The highest BCUT2D eigenvalue weighted by Gasteiger charge is 2.33. The number of amides is 1. The number of benzene rings is 2. The van der Waals surface area contributed by atoms with Gasteiger partial charge in [0, 0.05) is 29.7 Å². The third kappa shape index (κ3) is 4.73. The zero-order valence-corrected chi connectivity index (χ0v) is 18.8. The molecule has 31 heavy (non-hydrogen) atoms. The van der Waals surface area contributed by atoms with E-state index in [1.54, 1.807) is 30.0 Å². The van der Waals surface area contributed by atoms with Crippen molar-refractivity contribution in [2.24, 2.45) is 5.92 Å². The van der Waals surface area contributed by atoms with E-state index in [-0.39, 0.29) is 41.7 Å². The lowest BCUT2D eigenvalue weighted by Gasteiger charge is -2.32. The fourth-order valence-corrected chi connectivity index (χ4v) is 6.64. The minimum atomic E-state index is -3.61. The molecule has 1 amide bonds. The Morgan fingerprint density at radius 1 is 1.13 bits per heavy atom. The maximum Gasteiger partial charge on any atom is 0.243 e. The summed E-state index contributed by atoms with van der Waals surface area (Å²) in [6.07, 6.45) is 1.66. The van der Waals surface area contributed by atoms with Gasteiger partial charge in [0.1, 0.15) is 11.6 Å². The number of thioether (sulfide) groups is 1. The molecule has 4 rings (SSSR count). The molecule has 0 aliphatic carbocycles. The fourth-order valence-electron chi connectivity index (χ4n) is 4.06. The third-order valence-corrected chi connectivity index (χ3v) is 8.89. The van der Waals surface area contributed by atoms with E-state index < -0.39 is 10.0 Å². The summed E-state index contributed by atoms with van der Waals surface area (Å²) in [4.78, 5) is 14.1. The van der Waals surface area contributed by atoms with Gasteiger partial charge in [0.05, 0.1) is 18.0 Å². The van der Waals surface area contributed by atoms with E-state index in [9.17, 15) is 17.6 Å². The molecule has 1 N–H and O–H groups in total. The van der Waals surface area contributed by atoms with Crippen molar-refractivity contribution in [2.75, 3.05) is 26.0 Å². The number of carbonyl (C=O) groups is 1. The lowest BCUT2D eigenvalue weighted by Crippen LogP contribution is -2.44. The first-order valence-electron chi connectivity index (χ1n) is 10.3. The van der Waals surface area contributed by atoms with Crippen molar-refractivity contribution in [3.63, 3.8) is 0 Å². The van der Waals surface area contributed by atoms with Gasteiger partial charge in [-0.1, -0.05) is 0 Å². The van der Waals surface area contributed by atoms with Crippen LogP contribution in [0.1, 0.15) is 30.9 Å². The summed E-state index contributed by atoms with van der Waals surface area (Å²) in [5.74, 6) is 0.805. The Morgan fingerprint density at radius 2 is 1.84 bits per heavy atom. The average molecular weight is 465 g/mol. The molecule has 1 fully saturated rings. The van der Waals surface area contributed by atoms with Gasteiger partial charge >= 0.3 is 0 Å². The van der Waals surface area contributed by atoms with Gasteiger partial charge in [0.25, 0.3) is 0 Å². The van der Waals surface area contributed by atoms with Gasteiger partial charge in [0.2, 0.25) is 15.9 Å². The average Bonchev–Trinajstić information content (AvgIpc) is 2.79. The molecule has 0 saturated carbocycles. The Labute approximate surface area is 186 Å². The summed E-state index contributed by atoms with van der Waals surface area (Å²) in [5, 5.41) is 3.07. The van der Waals surface area contributed by atoms with Crippen LogP contribution in [0.2, 0.25) is 0 Å². The predicted octanol–water partition coefficient (Wildman–Crippen LogP) is 3.59. The summed E-state index contributed by atoms with van der Waals surface area (Å²) in [5.41, 5.74) is 0.823. The summed E-state index contributed by atoms with van der Waals surface area (Å²) in [6, 6.07) is 10.8. The van der Waals surface area contributed by atoms with Gasteiger partial charge in [-0.15, -0.1) is 11.8 Å². The molecule has 6 nitrogen and oxygen atoms in total. The van der Waals surface area contributed by atoms with Crippen molar-refractivity contribution in [3.8, 4) is 5.75 Å². The number of piperidine rings is 1. The van der Waals surface area contributed by atoms with Gasteiger partial charge in [-0.3, -0.25) is 4.79 Å². The molecule has 1 atom stereocenters. The number of nitrogens with zero attached hydrogens (tertiary/aromatic N) is 1. The van der Waals surface area contributed by atoms with Crippen molar-refractivity contribution >= 4 is 27.7 Å². The lowest BCUT2D eigenvalue weighted by atomic mass is 9.95. The molecule has 2 aliphatic rings. The Balaban J connectivity index is 1.38. The highest BCUT2D eigenvalue weighted by atomic mass is 32.2. The topological polar surface area (TPSA) is 75.7 Å². The number of hydrogen-bond acceptors (Lipinski definition) is 5. The van der Waals surface area contributed by atoms with E-state index >= 15 is 0 Å². The fraction of sp³-hybridized carbons (Fsp3) is 0.409. The van der Waals surface area contributed by atoms with Crippen LogP contribution in [0.5, 0.6) is 5.75 Å². The smallest absolute Gasteiger partial charge is 0.243 e. The standard InChI is InChI=1S/C22H25FN2O4S2/c1-29-17-3-5-18(6-4-17)31(27,28)25-11-8-15(9-12-25)22(26)24-20-10-13-30-21-7-2-16(23)14-19(20)21/h2-7,14-15,20H,8-13H2,1H3,(H,24,26). The highest BCUT2D eigenvalue weighted by Crippen LogP contribution is 2.37. The van der Waals surface area contributed by atoms with Crippen LogP contribution >= 0.6 is 11.8 Å². The van der Waals surface area contributed by atoms with Crippen LogP contribution in [0.3, 0.4) is 0 Å². The number of nitrogens with one attached hydrogen (secondary N) is 1. The van der Waals surface area contributed by atoms with E-state index in [4.69, 9.17) is 4.74 Å². The number of sulfonamides is 1. The molecule has 0 spiro atoms. The van der Waals surface area contributed by atoms with Gasteiger partial charge in [-0.2, -0.15) is 4.31 Å². The Bertz CT molecular complexity index is 1050. The Hall–Kier alpha value is -2.10. The summed E-state index contributed by atoms with van der Waals surface area (Å²) >= 11 is 1.67.